The van der Waals surface area contributed by atoms with Crippen LogP contribution in [0, 0.1) is 5.92 Å². The number of amides is 1. The summed E-state index contributed by atoms with van der Waals surface area (Å²) in [7, 11) is 0. The molecule has 0 aromatic rings. The topological polar surface area (TPSA) is 50.4 Å². The van der Waals surface area contributed by atoms with Gasteiger partial charge >= 0.3 is 0 Å². The van der Waals surface area contributed by atoms with Gasteiger partial charge in [0.05, 0.1) is 0 Å². The van der Waals surface area contributed by atoms with Crippen molar-refractivity contribution < 1.29 is 9.53 Å². The third kappa shape index (κ3) is 5.23. The molecule has 2 bridgehead atoms. The molecule has 5 heteroatoms. The van der Waals surface area contributed by atoms with Crippen LogP contribution in [-0.4, -0.2) is 36.7 Å². The molecular formula is C15H29ClN2O2. The third-order valence-corrected chi connectivity index (χ3v) is 4.25. The highest BCUT2D eigenvalue weighted by atomic mass is 35.5. The molecule has 2 heterocycles. The number of hydrogen-bond donors (Lipinski definition) is 2. The number of ether oxygens (including phenoxy) is 1. The Hall–Kier alpha value is -0.320. The summed E-state index contributed by atoms with van der Waals surface area (Å²) in [5, 5.41) is 6.74. The Morgan fingerprint density at radius 3 is 2.40 bits per heavy atom. The average molecular weight is 305 g/mol. The van der Waals surface area contributed by atoms with Crippen LogP contribution in [0.25, 0.3) is 0 Å². The lowest BCUT2D eigenvalue weighted by molar-refractivity contribution is -0.132. The zero-order valence-electron chi connectivity index (χ0n) is 12.9. The molecule has 1 amide bonds. The lowest BCUT2D eigenvalue weighted by Crippen LogP contribution is -2.50. The second-order valence-corrected chi connectivity index (χ2v) is 6.51. The Bertz CT molecular complexity index is 300. The molecule has 118 valence electrons. The maximum Gasteiger partial charge on any atom is 0.249 e. The molecular weight excluding hydrogens is 276 g/mol. The summed E-state index contributed by atoms with van der Waals surface area (Å²) in [4.78, 5) is 12.1. The van der Waals surface area contributed by atoms with E-state index in [0.717, 1.165) is 19.3 Å². The van der Waals surface area contributed by atoms with Crippen molar-refractivity contribution in [2.24, 2.45) is 5.92 Å². The van der Waals surface area contributed by atoms with Gasteiger partial charge in [0, 0.05) is 24.7 Å². The van der Waals surface area contributed by atoms with Crippen molar-refractivity contribution in [1.82, 2.24) is 10.6 Å². The van der Waals surface area contributed by atoms with Gasteiger partial charge in [-0.3, -0.25) is 4.79 Å². The molecule has 4 nitrogen and oxygen atoms in total. The minimum Gasteiger partial charge on any atom is -0.369 e. The molecule has 2 N–H and O–H groups in total. The van der Waals surface area contributed by atoms with Gasteiger partial charge in [-0.2, -0.15) is 0 Å². The number of piperidine rings is 1. The van der Waals surface area contributed by atoms with E-state index in [-0.39, 0.29) is 24.4 Å². The van der Waals surface area contributed by atoms with Crippen molar-refractivity contribution in [2.45, 2.75) is 77.1 Å². The van der Waals surface area contributed by atoms with Crippen molar-refractivity contribution in [1.29, 1.82) is 0 Å². The minimum atomic E-state index is -0.328. The largest absolute Gasteiger partial charge is 0.369 e. The van der Waals surface area contributed by atoms with Gasteiger partial charge < -0.3 is 15.4 Å². The highest BCUT2D eigenvalue weighted by molar-refractivity contribution is 5.85. The molecule has 3 atom stereocenters. The van der Waals surface area contributed by atoms with Crippen LogP contribution in [0.15, 0.2) is 0 Å². The molecule has 0 spiro atoms. The van der Waals surface area contributed by atoms with Crippen LogP contribution in [0.2, 0.25) is 0 Å². The van der Waals surface area contributed by atoms with Crippen molar-refractivity contribution in [3.63, 3.8) is 0 Å². The van der Waals surface area contributed by atoms with Crippen LogP contribution in [0.1, 0.15) is 52.9 Å². The van der Waals surface area contributed by atoms with Crippen molar-refractivity contribution >= 4 is 18.3 Å². The first-order valence-corrected chi connectivity index (χ1v) is 7.72. The van der Waals surface area contributed by atoms with Crippen molar-refractivity contribution in [3.05, 3.63) is 0 Å². The standard InChI is InChI=1S/C15H28N2O2.ClH/c1-10(2)6-7-19-11(3)15(18)17-14-8-12-4-5-13(9-14)16-12;/h10-14,16H,4-9H2,1-3H3,(H,17,18);1H. The van der Waals surface area contributed by atoms with Crippen LogP contribution >= 0.6 is 12.4 Å². The maximum absolute atomic E-state index is 12.1. The molecule has 0 saturated carbocycles. The SMILES string of the molecule is CC(C)CCOC(C)C(=O)NC1CC2CCC(C1)N2.Cl. The van der Waals surface area contributed by atoms with Gasteiger partial charge in [-0.05, 0) is 44.9 Å². The first-order valence-electron chi connectivity index (χ1n) is 7.72. The molecule has 2 aliphatic heterocycles. The Kier molecular flexibility index (Phi) is 7.27. The Balaban J connectivity index is 0.00000200. The maximum atomic E-state index is 12.1. The van der Waals surface area contributed by atoms with Crippen molar-refractivity contribution in [3.8, 4) is 0 Å². The molecule has 0 aromatic heterocycles. The monoisotopic (exact) mass is 304 g/mol. The lowest BCUT2D eigenvalue weighted by atomic mass is 9.99. The summed E-state index contributed by atoms with van der Waals surface area (Å²) in [5.74, 6) is 0.672. The zero-order chi connectivity index (χ0) is 13.8. The van der Waals surface area contributed by atoms with Crippen LogP contribution in [0.3, 0.4) is 0 Å². The first kappa shape index (κ1) is 17.7. The number of hydrogen-bond acceptors (Lipinski definition) is 3. The first-order chi connectivity index (χ1) is 9.04. The highest BCUT2D eigenvalue weighted by Crippen LogP contribution is 2.26. The van der Waals surface area contributed by atoms with Crippen LogP contribution in [0.5, 0.6) is 0 Å². The van der Waals surface area contributed by atoms with Gasteiger partial charge in [0.25, 0.3) is 0 Å². The van der Waals surface area contributed by atoms with E-state index in [1.165, 1.54) is 12.8 Å². The summed E-state index contributed by atoms with van der Waals surface area (Å²) in [5.41, 5.74) is 0. The second kappa shape index (κ2) is 8.20. The van der Waals surface area contributed by atoms with Gasteiger partial charge in [0.2, 0.25) is 5.91 Å². The Morgan fingerprint density at radius 2 is 1.85 bits per heavy atom. The van der Waals surface area contributed by atoms with E-state index in [9.17, 15) is 4.79 Å². The van der Waals surface area contributed by atoms with Crippen LogP contribution < -0.4 is 10.6 Å². The van der Waals surface area contributed by atoms with Gasteiger partial charge in [-0.25, -0.2) is 0 Å². The van der Waals surface area contributed by atoms with Gasteiger partial charge in [-0.15, -0.1) is 12.4 Å². The Labute approximate surface area is 128 Å². The summed E-state index contributed by atoms with van der Waals surface area (Å²) >= 11 is 0. The molecule has 0 aliphatic carbocycles. The summed E-state index contributed by atoms with van der Waals surface area (Å²) in [6.07, 6.45) is 5.35. The number of rotatable bonds is 6. The number of nitrogens with one attached hydrogen (secondary N) is 2. The lowest BCUT2D eigenvalue weighted by Gasteiger charge is -2.30. The van der Waals surface area contributed by atoms with E-state index < -0.39 is 0 Å². The predicted octanol–water partition coefficient (Wildman–Crippen LogP) is 2.26. The number of carbonyl (C=O) groups is 1. The molecule has 0 aromatic carbocycles. The average Bonchev–Trinajstić information content (AvgIpc) is 2.68. The number of halogens is 1. The molecule has 2 aliphatic rings. The summed E-state index contributed by atoms with van der Waals surface area (Å²) in [6, 6.07) is 1.56. The second-order valence-electron chi connectivity index (χ2n) is 6.51. The number of carbonyl (C=O) groups excluding carboxylic acids is 1. The molecule has 0 radical (unpaired) electrons. The smallest absolute Gasteiger partial charge is 0.249 e. The summed E-state index contributed by atoms with van der Waals surface area (Å²) in [6.45, 7) is 6.85. The normalized spacial score (nSPS) is 29.9. The van der Waals surface area contributed by atoms with E-state index in [2.05, 4.69) is 24.5 Å². The highest BCUT2D eigenvalue weighted by Gasteiger charge is 2.34. The minimum absolute atomic E-state index is 0. The fourth-order valence-electron chi connectivity index (χ4n) is 3.05. The van der Waals surface area contributed by atoms with E-state index in [1.54, 1.807) is 0 Å². The third-order valence-electron chi connectivity index (χ3n) is 4.25. The fourth-order valence-corrected chi connectivity index (χ4v) is 3.05. The molecule has 2 fully saturated rings. The molecule has 2 rings (SSSR count). The van der Waals surface area contributed by atoms with E-state index in [1.807, 2.05) is 6.92 Å². The van der Waals surface area contributed by atoms with Crippen molar-refractivity contribution in [2.75, 3.05) is 6.61 Å². The van der Waals surface area contributed by atoms with Gasteiger partial charge in [0.1, 0.15) is 6.10 Å². The Morgan fingerprint density at radius 1 is 1.25 bits per heavy atom. The quantitative estimate of drug-likeness (QED) is 0.791. The van der Waals surface area contributed by atoms with Crippen LogP contribution in [-0.2, 0) is 9.53 Å². The van der Waals surface area contributed by atoms with Gasteiger partial charge in [-0.1, -0.05) is 13.8 Å². The van der Waals surface area contributed by atoms with Gasteiger partial charge in [0.15, 0.2) is 0 Å². The van der Waals surface area contributed by atoms with E-state index in [4.69, 9.17) is 4.74 Å². The van der Waals surface area contributed by atoms with E-state index >= 15 is 0 Å². The molecule has 2 saturated heterocycles. The molecule has 3 unspecified atom stereocenters. The van der Waals surface area contributed by atoms with Crippen LogP contribution in [0.4, 0.5) is 0 Å². The summed E-state index contributed by atoms with van der Waals surface area (Å²) < 4.78 is 5.60. The zero-order valence-corrected chi connectivity index (χ0v) is 13.7. The number of fused-ring (bicyclic) bond motifs is 2. The van der Waals surface area contributed by atoms with E-state index in [0.29, 0.717) is 30.7 Å². The fraction of sp³-hybridized carbons (Fsp3) is 0.933. The molecule has 20 heavy (non-hydrogen) atoms. The predicted molar refractivity (Wildman–Crippen MR) is 83.2 cm³/mol.